The predicted molar refractivity (Wildman–Crippen MR) is 69.3 cm³/mol. The zero-order chi connectivity index (χ0) is 13.9. The van der Waals surface area contributed by atoms with E-state index >= 15 is 0 Å². The fraction of sp³-hybridized carbons (Fsp3) is 0.692. The Kier molecular flexibility index (Phi) is 4.38. The Hall–Kier alpha value is -1.52. The van der Waals surface area contributed by atoms with Crippen molar-refractivity contribution in [3.63, 3.8) is 0 Å². The number of rotatable bonds is 4. The van der Waals surface area contributed by atoms with Gasteiger partial charge in [0.05, 0.1) is 6.04 Å². The lowest BCUT2D eigenvalue weighted by atomic mass is 9.94. The van der Waals surface area contributed by atoms with Crippen molar-refractivity contribution in [3.8, 4) is 0 Å². The molecule has 0 aliphatic carbocycles. The number of carbonyl (C=O) groups is 2. The summed E-state index contributed by atoms with van der Waals surface area (Å²) in [5.74, 6) is -0.0988. The van der Waals surface area contributed by atoms with Crippen LogP contribution in [0.5, 0.6) is 0 Å². The predicted octanol–water partition coefficient (Wildman–Crippen LogP) is 1.85. The van der Waals surface area contributed by atoms with Crippen LogP contribution in [0.15, 0.2) is 12.7 Å². The Morgan fingerprint density at radius 3 is 2.61 bits per heavy atom. The molecule has 0 aromatic heterocycles. The Morgan fingerprint density at radius 1 is 1.67 bits per heavy atom. The summed E-state index contributed by atoms with van der Waals surface area (Å²) < 4.78 is 0. The van der Waals surface area contributed by atoms with Crippen molar-refractivity contribution in [2.45, 2.75) is 45.2 Å². The lowest BCUT2D eigenvalue weighted by Gasteiger charge is -2.39. The van der Waals surface area contributed by atoms with Crippen molar-refractivity contribution in [2.75, 3.05) is 6.54 Å². The van der Waals surface area contributed by atoms with Gasteiger partial charge in [-0.3, -0.25) is 9.69 Å². The van der Waals surface area contributed by atoms with Gasteiger partial charge in [-0.25, -0.2) is 4.79 Å². The summed E-state index contributed by atoms with van der Waals surface area (Å²) in [6.07, 6.45) is 1.90. The summed E-state index contributed by atoms with van der Waals surface area (Å²) >= 11 is 0. The average molecular weight is 254 g/mol. The molecular formula is C13H22N2O3. The van der Waals surface area contributed by atoms with Gasteiger partial charge in [0.2, 0.25) is 5.91 Å². The molecule has 0 spiro atoms. The van der Waals surface area contributed by atoms with E-state index in [0.29, 0.717) is 13.0 Å². The van der Waals surface area contributed by atoms with Crippen LogP contribution in [0.4, 0.5) is 4.79 Å². The molecule has 0 saturated carbocycles. The molecule has 1 aliphatic heterocycles. The minimum absolute atomic E-state index is 0.0149. The van der Waals surface area contributed by atoms with E-state index in [4.69, 9.17) is 0 Å². The Labute approximate surface area is 108 Å². The highest BCUT2D eigenvalue weighted by Gasteiger charge is 2.35. The van der Waals surface area contributed by atoms with E-state index in [9.17, 15) is 14.7 Å². The van der Waals surface area contributed by atoms with Gasteiger partial charge in [-0.1, -0.05) is 6.08 Å². The second-order valence-corrected chi connectivity index (χ2v) is 5.64. The van der Waals surface area contributed by atoms with Gasteiger partial charge in [0.25, 0.3) is 0 Å². The van der Waals surface area contributed by atoms with Crippen molar-refractivity contribution >= 4 is 12.0 Å². The van der Waals surface area contributed by atoms with E-state index < -0.39 is 11.6 Å². The summed E-state index contributed by atoms with van der Waals surface area (Å²) in [4.78, 5) is 24.3. The van der Waals surface area contributed by atoms with Crippen LogP contribution < -0.4 is 5.32 Å². The molecule has 1 rings (SSSR count). The van der Waals surface area contributed by atoms with Crippen LogP contribution in [-0.2, 0) is 4.79 Å². The van der Waals surface area contributed by atoms with Crippen molar-refractivity contribution in [3.05, 3.63) is 12.7 Å². The maximum absolute atomic E-state index is 11.6. The lowest BCUT2D eigenvalue weighted by Crippen LogP contribution is -2.51. The van der Waals surface area contributed by atoms with Crippen LogP contribution in [0.3, 0.4) is 0 Å². The van der Waals surface area contributed by atoms with Crippen LogP contribution in [0.1, 0.15) is 33.6 Å². The van der Waals surface area contributed by atoms with Crippen LogP contribution in [-0.4, -0.2) is 40.1 Å². The number of amides is 2. The van der Waals surface area contributed by atoms with Gasteiger partial charge in [0, 0.05) is 18.0 Å². The first kappa shape index (κ1) is 14.5. The topological polar surface area (TPSA) is 69.6 Å². The van der Waals surface area contributed by atoms with Gasteiger partial charge in [-0.15, -0.1) is 6.58 Å². The third-order valence-corrected chi connectivity index (χ3v) is 3.22. The summed E-state index contributed by atoms with van der Waals surface area (Å²) in [6, 6.07) is -0.337. The van der Waals surface area contributed by atoms with Crippen molar-refractivity contribution in [1.29, 1.82) is 0 Å². The smallest absolute Gasteiger partial charge is 0.408 e. The Morgan fingerprint density at radius 2 is 2.28 bits per heavy atom. The van der Waals surface area contributed by atoms with E-state index in [2.05, 4.69) is 11.9 Å². The second kappa shape index (κ2) is 5.42. The SMILES string of the molecule is C=CC(CC1CCNC1=O)N(C(=O)O)C(C)(C)C. The third-order valence-electron chi connectivity index (χ3n) is 3.22. The first-order valence-corrected chi connectivity index (χ1v) is 6.20. The number of nitrogens with zero attached hydrogens (tertiary/aromatic N) is 1. The van der Waals surface area contributed by atoms with E-state index in [1.54, 1.807) is 6.08 Å². The number of carbonyl (C=O) groups excluding carboxylic acids is 1. The summed E-state index contributed by atoms with van der Waals surface area (Å²) in [5, 5.41) is 12.1. The zero-order valence-electron chi connectivity index (χ0n) is 11.3. The molecule has 1 fully saturated rings. The van der Waals surface area contributed by atoms with Crippen molar-refractivity contribution in [2.24, 2.45) is 5.92 Å². The first-order chi connectivity index (χ1) is 8.27. The standard InChI is InChI=1S/C13H22N2O3/c1-5-10(8-9-6-7-14-11(9)16)15(12(17)18)13(2,3)4/h5,9-10H,1,6-8H2,2-4H3,(H,14,16)(H,17,18). The Balaban J connectivity index is 2.83. The number of hydrogen-bond acceptors (Lipinski definition) is 2. The second-order valence-electron chi connectivity index (χ2n) is 5.64. The molecule has 0 aromatic rings. The van der Waals surface area contributed by atoms with Gasteiger partial charge in [-0.05, 0) is 33.6 Å². The molecule has 0 radical (unpaired) electrons. The number of hydrogen-bond donors (Lipinski definition) is 2. The van der Waals surface area contributed by atoms with E-state index in [1.807, 2.05) is 20.8 Å². The van der Waals surface area contributed by atoms with Crippen LogP contribution in [0, 0.1) is 5.92 Å². The highest BCUT2D eigenvalue weighted by molar-refractivity contribution is 5.80. The summed E-state index contributed by atoms with van der Waals surface area (Å²) in [7, 11) is 0. The molecule has 1 heterocycles. The molecule has 5 heteroatoms. The zero-order valence-corrected chi connectivity index (χ0v) is 11.3. The highest BCUT2D eigenvalue weighted by atomic mass is 16.4. The van der Waals surface area contributed by atoms with Gasteiger partial charge in [0.15, 0.2) is 0 Å². The van der Waals surface area contributed by atoms with Crippen molar-refractivity contribution in [1.82, 2.24) is 10.2 Å². The molecule has 1 aliphatic rings. The van der Waals surface area contributed by atoms with Crippen LogP contribution in [0.2, 0.25) is 0 Å². The summed E-state index contributed by atoms with van der Waals surface area (Å²) in [5.41, 5.74) is -0.514. The maximum atomic E-state index is 11.6. The lowest BCUT2D eigenvalue weighted by molar-refractivity contribution is -0.123. The summed E-state index contributed by atoms with van der Waals surface area (Å²) in [6.45, 7) is 9.90. The largest absolute Gasteiger partial charge is 0.465 e. The maximum Gasteiger partial charge on any atom is 0.408 e. The number of nitrogens with one attached hydrogen (secondary N) is 1. The van der Waals surface area contributed by atoms with Gasteiger partial charge in [0.1, 0.15) is 0 Å². The molecule has 102 valence electrons. The third kappa shape index (κ3) is 3.24. The molecule has 5 nitrogen and oxygen atoms in total. The minimum atomic E-state index is -0.981. The van der Waals surface area contributed by atoms with Crippen LogP contribution in [0.25, 0.3) is 0 Å². The molecule has 1 saturated heterocycles. The molecule has 2 atom stereocenters. The quantitative estimate of drug-likeness (QED) is 0.752. The molecule has 2 unspecified atom stereocenters. The molecule has 2 amide bonds. The van der Waals surface area contributed by atoms with Crippen molar-refractivity contribution < 1.29 is 14.7 Å². The van der Waals surface area contributed by atoms with E-state index in [1.165, 1.54) is 4.90 Å². The highest BCUT2D eigenvalue weighted by Crippen LogP contribution is 2.25. The molecule has 0 aromatic carbocycles. The number of carboxylic acid groups (broad SMARTS) is 1. The average Bonchev–Trinajstić information content (AvgIpc) is 2.60. The fourth-order valence-corrected chi connectivity index (χ4v) is 2.39. The molecule has 0 bridgehead atoms. The fourth-order valence-electron chi connectivity index (χ4n) is 2.39. The monoisotopic (exact) mass is 254 g/mol. The molecule has 18 heavy (non-hydrogen) atoms. The minimum Gasteiger partial charge on any atom is -0.465 e. The van der Waals surface area contributed by atoms with Gasteiger partial charge in [-0.2, -0.15) is 0 Å². The Bertz CT molecular complexity index is 347. The normalized spacial score (nSPS) is 21.3. The van der Waals surface area contributed by atoms with Gasteiger partial charge < -0.3 is 10.4 Å². The van der Waals surface area contributed by atoms with E-state index in [0.717, 1.165) is 6.42 Å². The van der Waals surface area contributed by atoms with Crippen LogP contribution >= 0.6 is 0 Å². The molecular weight excluding hydrogens is 232 g/mol. The molecule has 2 N–H and O–H groups in total. The van der Waals surface area contributed by atoms with E-state index in [-0.39, 0.29) is 17.9 Å². The van der Waals surface area contributed by atoms with Gasteiger partial charge >= 0.3 is 6.09 Å². The first-order valence-electron chi connectivity index (χ1n) is 6.20.